The lowest BCUT2D eigenvalue weighted by Gasteiger charge is -2.04. The second-order valence-electron chi connectivity index (χ2n) is 4.90. The van der Waals surface area contributed by atoms with Crippen molar-refractivity contribution in [2.75, 3.05) is 6.61 Å². The van der Waals surface area contributed by atoms with Crippen molar-refractivity contribution in [2.24, 2.45) is 0 Å². The van der Waals surface area contributed by atoms with Gasteiger partial charge >= 0.3 is 5.97 Å². The van der Waals surface area contributed by atoms with Gasteiger partial charge in [-0.2, -0.15) is 11.3 Å². The van der Waals surface area contributed by atoms with Crippen molar-refractivity contribution in [2.45, 2.75) is 6.42 Å². The number of benzene rings is 1. The van der Waals surface area contributed by atoms with Gasteiger partial charge in [-0.25, -0.2) is 4.98 Å². The number of hydrogen-bond acceptors (Lipinski definition) is 6. The van der Waals surface area contributed by atoms with Gasteiger partial charge in [0.2, 0.25) is 5.78 Å². The molecule has 4 nitrogen and oxygen atoms in total. The Morgan fingerprint density at radius 2 is 2.00 bits per heavy atom. The first-order valence-corrected chi connectivity index (χ1v) is 9.24. The molecule has 0 atom stereocenters. The monoisotopic (exact) mass is 377 g/mol. The molecule has 3 aromatic rings. The molecule has 2 aromatic heterocycles. The number of carbonyl (C=O) groups excluding carboxylic acids is 2. The smallest absolute Gasteiger partial charge is 0.312 e. The highest BCUT2D eigenvalue weighted by atomic mass is 35.5. The molecule has 0 fully saturated rings. The molecule has 122 valence electrons. The number of carbonyl (C=O) groups is 2. The van der Waals surface area contributed by atoms with Gasteiger partial charge in [-0.05, 0) is 23.6 Å². The van der Waals surface area contributed by atoms with Crippen LogP contribution >= 0.6 is 34.3 Å². The molecule has 0 saturated carbocycles. The third-order valence-corrected chi connectivity index (χ3v) is 5.14. The first-order chi connectivity index (χ1) is 11.6. The van der Waals surface area contributed by atoms with E-state index in [9.17, 15) is 9.59 Å². The fourth-order valence-electron chi connectivity index (χ4n) is 2.02. The maximum Gasteiger partial charge on any atom is 0.312 e. The van der Waals surface area contributed by atoms with E-state index in [0.717, 1.165) is 10.6 Å². The van der Waals surface area contributed by atoms with Crippen molar-refractivity contribution in [1.29, 1.82) is 0 Å². The van der Waals surface area contributed by atoms with Crippen LogP contribution in [-0.4, -0.2) is 23.3 Å². The maximum atomic E-state index is 12.0. The minimum Gasteiger partial charge on any atom is -0.457 e. The lowest BCUT2D eigenvalue weighted by molar-refractivity contribution is -0.141. The molecule has 7 heteroatoms. The summed E-state index contributed by atoms with van der Waals surface area (Å²) in [6, 6.07) is 8.65. The van der Waals surface area contributed by atoms with Gasteiger partial charge in [0.15, 0.2) is 6.61 Å². The van der Waals surface area contributed by atoms with Gasteiger partial charge in [-0.1, -0.05) is 23.7 Å². The van der Waals surface area contributed by atoms with Crippen molar-refractivity contribution in [1.82, 2.24) is 4.98 Å². The van der Waals surface area contributed by atoms with Crippen LogP contribution in [0.25, 0.3) is 10.6 Å². The van der Waals surface area contributed by atoms with E-state index in [4.69, 9.17) is 16.3 Å². The molecular weight excluding hydrogens is 366 g/mol. The van der Waals surface area contributed by atoms with E-state index in [1.54, 1.807) is 35.6 Å². The van der Waals surface area contributed by atoms with Crippen LogP contribution < -0.4 is 0 Å². The van der Waals surface area contributed by atoms with E-state index in [0.29, 0.717) is 16.3 Å². The normalized spacial score (nSPS) is 10.5. The van der Waals surface area contributed by atoms with Crippen molar-refractivity contribution in [3.63, 3.8) is 0 Å². The average Bonchev–Trinajstić information content (AvgIpc) is 3.24. The van der Waals surface area contributed by atoms with Gasteiger partial charge in [0.05, 0.1) is 17.1 Å². The highest BCUT2D eigenvalue weighted by Crippen LogP contribution is 2.25. The van der Waals surface area contributed by atoms with Gasteiger partial charge in [0, 0.05) is 21.9 Å². The van der Waals surface area contributed by atoms with Gasteiger partial charge in [0.25, 0.3) is 0 Å². The maximum absolute atomic E-state index is 12.0. The molecule has 0 aliphatic rings. The highest BCUT2D eigenvalue weighted by molar-refractivity contribution is 7.14. The Balaban J connectivity index is 1.55. The lowest BCUT2D eigenvalue weighted by Crippen LogP contribution is -2.16. The molecule has 0 bridgehead atoms. The van der Waals surface area contributed by atoms with E-state index >= 15 is 0 Å². The van der Waals surface area contributed by atoms with E-state index < -0.39 is 5.97 Å². The van der Waals surface area contributed by atoms with E-state index in [1.165, 1.54) is 11.3 Å². The van der Waals surface area contributed by atoms with Gasteiger partial charge < -0.3 is 4.74 Å². The summed E-state index contributed by atoms with van der Waals surface area (Å²) in [6.45, 7) is -0.329. The fraction of sp³-hybridized carbons (Fsp3) is 0.118. The highest BCUT2D eigenvalue weighted by Gasteiger charge is 2.14. The molecular formula is C17H12ClNO3S2. The van der Waals surface area contributed by atoms with E-state index in [1.807, 2.05) is 22.2 Å². The molecule has 1 aromatic carbocycles. The fourth-order valence-corrected chi connectivity index (χ4v) is 3.79. The Morgan fingerprint density at radius 1 is 1.17 bits per heavy atom. The molecule has 0 unspecified atom stereocenters. The topological polar surface area (TPSA) is 56.3 Å². The zero-order chi connectivity index (χ0) is 16.9. The van der Waals surface area contributed by atoms with E-state index in [2.05, 4.69) is 4.98 Å². The van der Waals surface area contributed by atoms with Crippen LogP contribution in [0.4, 0.5) is 0 Å². The Bertz CT molecular complexity index is 858. The largest absolute Gasteiger partial charge is 0.457 e. The van der Waals surface area contributed by atoms with Crippen LogP contribution in [0.1, 0.15) is 16.1 Å². The Morgan fingerprint density at radius 3 is 2.75 bits per heavy atom. The zero-order valence-electron chi connectivity index (χ0n) is 12.4. The summed E-state index contributed by atoms with van der Waals surface area (Å²) in [6.07, 6.45) is 0.0381. The molecule has 0 spiro atoms. The summed E-state index contributed by atoms with van der Waals surface area (Å²) in [5.41, 5.74) is 2.02. The molecule has 0 aliphatic carbocycles. The van der Waals surface area contributed by atoms with Crippen molar-refractivity contribution in [3.8, 4) is 10.6 Å². The second kappa shape index (κ2) is 7.70. The number of aromatic nitrogens is 1. The summed E-state index contributed by atoms with van der Waals surface area (Å²) in [4.78, 5) is 28.3. The summed E-state index contributed by atoms with van der Waals surface area (Å²) < 4.78 is 5.04. The quantitative estimate of drug-likeness (QED) is 0.469. The first kappa shape index (κ1) is 16.8. The zero-order valence-corrected chi connectivity index (χ0v) is 14.8. The van der Waals surface area contributed by atoms with Crippen LogP contribution in [0.3, 0.4) is 0 Å². The minimum absolute atomic E-state index is 0.0381. The molecule has 0 amide bonds. The lowest BCUT2D eigenvalue weighted by atomic mass is 10.1. The number of thiophene rings is 1. The number of hydrogen-bond donors (Lipinski definition) is 0. The number of ketones is 1. The Kier molecular flexibility index (Phi) is 5.40. The first-order valence-electron chi connectivity index (χ1n) is 7.04. The molecule has 2 heterocycles. The molecule has 0 aliphatic heterocycles. The van der Waals surface area contributed by atoms with Crippen LogP contribution in [0.15, 0.2) is 46.5 Å². The van der Waals surface area contributed by atoms with Crippen LogP contribution in [0.5, 0.6) is 0 Å². The standard InChI is InChI=1S/C17H12ClNO3S2/c18-14-4-2-1-3-13(14)15(20)8-22-16(21)7-12-10-24-17(19-12)11-5-6-23-9-11/h1-6,9-10H,7-8H2. The second-order valence-corrected chi connectivity index (χ2v) is 6.94. The summed E-state index contributed by atoms with van der Waals surface area (Å²) >= 11 is 9.02. The van der Waals surface area contributed by atoms with Crippen LogP contribution in [0, 0.1) is 0 Å². The molecule has 24 heavy (non-hydrogen) atoms. The van der Waals surface area contributed by atoms with Crippen molar-refractivity contribution < 1.29 is 14.3 Å². The van der Waals surface area contributed by atoms with E-state index in [-0.39, 0.29) is 18.8 Å². The predicted octanol–water partition coefficient (Wildman–Crippen LogP) is 4.49. The SMILES string of the molecule is O=C(Cc1csc(-c2ccsc2)n1)OCC(=O)c1ccccc1Cl. The molecule has 0 N–H and O–H groups in total. The number of halogens is 1. The number of Topliss-reactive ketones (excluding diaryl/α,β-unsaturated/α-hetero) is 1. The van der Waals surface area contributed by atoms with Crippen LogP contribution in [-0.2, 0) is 16.0 Å². The Hall–Kier alpha value is -2.02. The summed E-state index contributed by atoms with van der Waals surface area (Å²) in [5.74, 6) is -0.816. The number of ether oxygens (including phenoxy) is 1. The van der Waals surface area contributed by atoms with Gasteiger partial charge in [0.1, 0.15) is 5.01 Å². The van der Waals surface area contributed by atoms with Crippen LogP contribution in [0.2, 0.25) is 5.02 Å². The third-order valence-electron chi connectivity index (χ3n) is 3.18. The third kappa shape index (κ3) is 4.08. The molecule has 3 rings (SSSR count). The van der Waals surface area contributed by atoms with Gasteiger partial charge in [-0.3, -0.25) is 9.59 Å². The Labute approximate surface area is 151 Å². The summed E-state index contributed by atoms with van der Waals surface area (Å²) in [5, 5.41) is 7.02. The number of esters is 1. The predicted molar refractivity (Wildman–Crippen MR) is 95.9 cm³/mol. The number of thiazole rings is 1. The number of nitrogens with zero attached hydrogens (tertiary/aromatic N) is 1. The van der Waals surface area contributed by atoms with Gasteiger partial charge in [-0.15, -0.1) is 11.3 Å². The van der Waals surface area contributed by atoms with Crippen molar-refractivity contribution >= 4 is 46.0 Å². The minimum atomic E-state index is -0.488. The molecule has 0 saturated heterocycles. The van der Waals surface area contributed by atoms with Crippen molar-refractivity contribution in [3.05, 3.63) is 62.8 Å². The average molecular weight is 378 g/mol. The molecule has 0 radical (unpaired) electrons. The summed E-state index contributed by atoms with van der Waals surface area (Å²) in [7, 11) is 0. The number of rotatable bonds is 6.